The van der Waals surface area contributed by atoms with Gasteiger partial charge in [0.05, 0.1) is 0 Å². The second-order valence-corrected chi connectivity index (χ2v) is 8.52. The van der Waals surface area contributed by atoms with Crippen molar-refractivity contribution in [1.29, 1.82) is 0 Å². The lowest BCUT2D eigenvalue weighted by atomic mass is 10.1. The molecule has 0 saturated carbocycles. The van der Waals surface area contributed by atoms with Gasteiger partial charge in [-0.15, -0.1) is 0 Å². The minimum atomic E-state index is -3.00. The first kappa shape index (κ1) is 23.6. The summed E-state index contributed by atoms with van der Waals surface area (Å²) in [5.41, 5.74) is -0.426. The van der Waals surface area contributed by atoms with Crippen LogP contribution in [-0.4, -0.2) is 40.3 Å². The molecule has 0 fully saturated rings. The maximum absolute atomic E-state index is 12.2. The second-order valence-electron chi connectivity index (χ2n) is 5.81. The van der Waals surface area contributed by atoms with Crippen molar-refractivity contribution in [2.45, 2.75) is 91.7 Å². The molecule has 0 rings (SSSR count). The van der Waals surface area contributed by atoms with Crippen LogP contribution in [-0.2, 0) is 22.8 Å². The SMILES string of the molecule is CCCCCCCCC(=O)OC(CC)[Si](OCC)(OCC)OCC. The second kappa shape index (κ2) is 14.9. The third-order valence-electron chi connectivity index (χ3n) is 3.81. The molecule has 5 nitrogen and oxygen atoms in total. The van der Waals surface area contributed by atoms with Gasteiger partial charge in [-0.3, -0.25) is 4.79 Å². The molecule has 1 unspecified atom stereocenters. The lowest BCUT2D eigenvalue weighted by Crippen LogP contribution is -2.58. The summed E-state index contributed by atoms with van der Waals surface area (Å²) in [4.78, 5) is 12.2. The number of rotatable bonds is 16. The Labute approximate surface area is 149 Å². The molecule has 0 aliphatic carbocycles. The Hall–Kier alpha value is -0.433. The van der Waals surface area contributed by atoms with Crippen molar-refractivity contribution in [3.8, 4) is 0 Å². The third-order valence-corrected chi connectivity index (χ3v) is 7.20. The Morgan fingerprint density at radius 2 is 1.29 bits per heavy atom. The Kier molecular flexibility index (Phi) is 14.6. The van der Waals surface area contributed by atoms with E-state index >= 15 is 0 Å². The van der Waals surface area contributed by atoms with E-state index in [9.17, 15) is 4.79 Å². The Morgan fingerprint density at radius 3 is 1.75 bits per heavy atom. The molecular weight excluding hydrogens is 324 g/mol. The highest BCUT2D eigenvalue weighted by Gasteiger charge is 2.51. The number of ether oxygens (including phenoxy) is 1. The fraction of sp³-hybridized carbons (Fsp3) is 0.944. The zero-order valence-electron chi connectivity index (χ0n) is 16.4. The molecule has 0 aliphatic rings. The Bertz CT molecular complexity index is 295. The van der Waals surface area contributed by atoms with Crippen molar-refractivity contribution in [3.63, 3.8) is 0 Å². The van der Waals surface area contributed by atoms with Gasteiger partial charge in [0, 0.05) is 26.2 Å². The van der Waals surface area contributed by atoms with Gasteiger partial charge in [0.1, 0.15) is 0 Å². The van der Waals surface area contributed by atoms with E-state index in [1.165, 1.54) is 25.7 Å². The maximum Gasteiger partial charge on any atom is 0.544 e. The van der Waals surface area contributed by atoms with Crippen LogP contribution in [0.5, 0.6) is 0 Å². The highest BCUT2D eigenvalue weighted by atomic mass is 28.4. The highest BCUT2D eigenvalue weighted by Crippen LogP contribution is 2.22. The fourth-order valence-corrected chi connectivity index (χ4v) is 5.47. The van der Waals surface area contributed by atoms with Crippen molar-refractivity contribution >= 4 is 14.8 Å². The minimum Gasteiger partial charge on any atom is -0.458 e. The monoisotopic (exact) mass is 362 g/mol. The van der Waals surface area contributed by atoms with Crippen molar-refractivity contribution in [2.75, 3.05) is 19.8 Å². The number of hydrogen-bond donors (Lipinski definition) is 0. The first-order valence-electron chi connectivity index (χ1n) is 9.71. The molecule has 0 N–H and O–H groups in total. The summed E-state index contributed by atoms with van der Waals surface area (Å²) in [7, 11) is -3.00. The Morgan fingerprint density at radius 1 is 0.792 bits per heavy atom. The van der Waals surface area contributed by atoms with Crippen molar-refractivity contribution in [3.05, 3.63) is 0 Å². The highest BCUT2D eigenvalue weighted by molar-refractivity contribution is 6.62. The normalized spacial score (nSPS) is 13.0. The van der Waals surface area contributed by atoms with Gasteiger partial charge >= 0.3 is 14.8 Å². The molecule has 1 atom stereocenters. The van der Waals surface area contributed by atoms with E-state index < -0.39 is 14.5 Å². The molecule has 144 valence electrons. The number of unbranched alkanes of at least 4 members (excludes halogenated alkanes) is 5. The predicted molar refractivity (Wildman–Crippen MR) is 98.8 cm³/mol. The molecule has 24 heavy (non-hydrogen) atoms. The quantitative estimate of drug-likeness (QED) is 0.227. The van der Waals surface area contributed by atoms with Crippen LogP contribution in [0.1, 0.15) is 86.0 Å². The molecule has 0 amide bonds. The van der Waals surface area contributed by atoms with Crippen molar-refractivity contribution in [2.24, 2.45) is 0 Å². The minimum absolute atomic E-state index is 0.173. The van der Waals surface area contributed by atoms with Gasteiger partial charge in [-0.1, -0.05) is 46.0 Å². The molecule has 6 heteroatoms. The Balaban J connectivity index is 4.52. The van der Waals surface area contributed by atoms with Crippen LogP contribution in [0.2, 0.25) is 0 Å². The molecule has 0 aromatic heterocycles. The van der Waals surface area contributed by atoms with Gasteiger partial charge in [0.25, 0.3) is 0 Å². The van der Waals surface area contributed by atoms with E-state index in [0.717, 1.165) is 12.8 Å². The maximum atomic E-state index is 12.2. The molecule has 0 bridgehead atoms. The van der Waals surface area contributed by atoms with Crippen LogP contribution in [0.4, 0.5) is 0 Å². The van der Waals surface area contributed by atoms with Crippen LogP contribution in [0, 0.1) is 0 Å². The molecule has 0 spiro atoms. The van der Waals surface area contributed by atoms with Crippen molar-refractivity contribution in [1.82, 2.24) is 0 Å². The van der Waals surface area contributed by atoms with E-state index in [1.54, 1.807) is 0 Å². The summed E-state index contributed by atoms with van der Waals surface area (Å²) < 4.78 is 23.3. The van der Waals surface area contributed by atoms with Crippen LogP contribution in [0.3, 0.4) is 0 Å². The third kappa shape index (κ3) is 9.16. The van der Waals surface area contributed by atoms with Crippen molar-refractivity contribution < 1.29 is 22.8 Å². The summed E-state index contributed by atoms with van der Waals surface area (Å²) >= 11 is 0. The first-order chi connectivity index (χ1) is 11.6. The lowest BCUT2D eigenvalue weighted by molar-refractivity contribution is -0.149. The molecule has 0 heterocycles. The number of esters is 1. The molecule has 0 aromatic carbocycles. The average molecular weight is 363 g/mol. The zero-order chi connectivity index (χ0) is 18.3. The summed E-state index contributed by atoms with van der Waals surface area (Å²) in [6.45, 7) is 11.3. The van der Waals surface area contributed by atoms with Gasteiger partial charge in [0.15, 0.2) is 5.73 Å². The van der Waals surface area contributed by atoms with Gasteiger partial charge in [0.2, 0.25) is 0 Å². The van der Waals surface area contributed by atoms with E-state index in [-0.39, 0.29) is 5.97 Å². The molecular formula is C18H38O5Si. The van der Waals surface area contributed by atoms with Crippen LogP contribution in [0.15, 0.2) is 0 Å². The van der Waals surface area contributed by atoms with Gasteiger partial charge in [-0.05, 0) is 33.6 Å². The number of carbonyl (C=O) groups is 1. The fourth-order valence-electron chi connectivity index (χ4n) is 2.68. The summed E-state index contributed by atoms with van der Waals surface area (Å²) in [5.74, 6) is -0.173. The largest absolute Gasteiger partial charge is 0.544 e. The van der Waals surface area contributed by atoms with Gasteiger partial charge < -0.3 is 18.0 Å². The zero-order valence-corrected chi connectivity index (χ0v) is 17.4. The number of hydrogen-bond acceptors (Lipinski definition) is 5. The van der Waals surface area contributed by atoms with E-state index in [4.69, 9.17) is 18.0 Å². The molecule has 0 aliphatic heterocycles. The molecule has 0 saturated heterocycles. The van der Waals surface area contributed by atoms with E-state index in [1.807, 2.05) is 27.7 Å². The van der Waals surface area contributed by atoms with Gasteiger partial charge in [-0.2, -0.15) is 0 Å². The lowest BCUT2D eigenvalue weighted by Gasteiger charge is -2.34. The first-order valence-corrected chi connectivity index (χ1v) is 11.5. The summed E-state index contributed by atoms with van der Waals surface area (Å²) in [6, 6.07) is 0. The molecule has 0 radical (unpaired) electrons. The van der Waals surface area contributed by atoms with E-state index in [0.29, 0.717) is 32.7 Å². The summed E-state index contributed by atoms with van der Waals surface area (Å²) in [6.07, 6.45) is 7.99. The van der Waals surface area contributed by atoms with E-state index in [2.05, 4.69) is 6.92 Å². The van der Waals surface area contributed by atoms with Gasteiger partial charge in [-0.25, -0.2) is 0 Å². The topological polar surface area (TPSA) is 54.0 Å². The predicted octanol–water partition coefficient (Wildman–Crippen LogP) is 4.65. The van der Waals surface area contributed by atoms with Crippen LogP contribution in [0.25, 0.3) is 0 Å². The van der Waals surface area contributed by atoms with Crippen LogP contribution >= 0.6 is 0 Å². The number of carbonyl (C=O) groups excluding carboxylic acids is 1. The standard InChI is InChI=1S/C18H38O5Si/c1-6-11-12-13-14-15-16-17(19)23-18(7-2)24(20-8-3,21-9-4)22-10-5/h18H,6-16H2,1-5H3. The summed E-state index contributed by atoms with van der Waals surface area (Å²) in [5, 5.41) is 0. The smallest absolute Gasteiger partial charge is 0.458 e. The average Bonchev–Trinajstić information content (AvgIpc) is 2.56. The molecule has 0 aromatic rings. The van der Waals surface area contributed by atoms with Crippen LogP contribution < -0.4 is 0 Å².